The number of anilines is 1. The second-order valence-corrected chi connectivity index (χ2v) is 9.82. The van der Waals surface area contributed by atoms with Crippen molar-refractivity contribution in [1.82, 2.24) is 4.98 Å². The highest BCUT2D eigenvalue weighted by atomic mass is 35.5. The van der Waals surface area contributed by atoms with Crippen LogP contribution in [0.2, 0.25) is 5.02 Å². The van der Waals surface area contributed by atoms with Crippen LogP contribution in [0.25, 0.3) is 0 Å². The van der Waals surface area contributed by atoms with Gasteiger partial charge in [0.15, 0.2) is 15.0 Å². The summed E-state index contributed by atoms with van der Waals surface area (Å²) in [6.45, 7) is 3.87. The molecule has 142 valence electrons. The number of thiazole rings is 1. The summed E-state index contributed by atoms with van der Waals surface area (Å²) in [5, 5.41) is 3.71. The van der Waals surface area contributed by atoms with Gasteiger partial charge < -0.3 is 5.32 Å². The molecule has 0 fully saturated rings. The fourth-order valence-corrected chi connectivity index (χ4v) is 4.92. The Hall–Kier alpha value is -1.44. The van der Waals surface area contributed by atoms with E-state index in [4.69, 9.17) is 11.6 Å². The Bertz CT molecular complexity index is 863. The van der Waals surface area contributed by atoms with Crippen molar-refractivity contribution in [2.45, 2.75) is 39.5 Å². The summed E-state index contributed by atoms with van der Waals surface area (Å²) in [7, 11) is -3.38. The van der Waals surface area contributed by atoms with Crippen molar-refractivity contribution >= 4 is 43.8 Å². The molecule has 0 aliphatic heterocycles. The number of halogens is 1. The number of amides is 1. The number of hydrogen-bond donors (Lipinski definition) is 1. The first-order chi connectivity index (χ1) is 12.3. The molecular weight excluding hydrogens is 392 g/mol. The molecule has 1 N–H and O–H groups in total. The molecule has 0 aliphatic rings. The van der Waals surface area contributed by atoms with Gasteiger partial charge in [0.2, 0.25) is 5.91 Å². The molecule has 2 rings (SSSR count). The molecule has 1 aromatic carbocycles. The number of sulfone groups is 1. The number of unbranched alkanes of at least 4 members (excludes halogenated alkanes) is 2. The molecular formula is C18H23ClN2O3S2. The molecule has 0 aliphatic carbocycles. The minimum Gasteiger partial charge on any atom is -0.301 e. The zero-order valence-corrected chi connectivity index (χ0v) is 17.3. The van der Waals surface area contributed by atoms with E-state index in [2.05, 4.69) is 10.3 Å². The number of carbonyl (C=O) groups is 1. The average Bonchev–Trinajstić information content (AvgIpc) is 2.88. The Morgan fingerprint density at radius 2 is 2.00 bits per heavy atom. The molecule has 1 heterocycles. The lowest BCUT2D eigenvalue weighted by Gasteiger charge is -2.04. The molecule has 0 saturated carbocycles. The number of hydrogen-bond acceptors (Lipinski definition) is 5. The monoisotopic (exact) mass is 414 g/mol. The number of aryl methyl sites for hydroxylation is 1. The Kier molecular flexibility index (Phi) is 7.61. The van der Waals surface area contributed by atoms with Crippen LogP contribution in [0, 0.1) is 6.92 Å². The van der Waals surface area contributed by atoms with E-state index in [0.29, 0.717) is 23.0 Å². The van der Waals surface area contributed by atoms with Gasteiger partial charge in [0.05, 0.1) is 11.4 Å². The number of carbonyl (C=O) groups excluding carboxylic acids is 1. The predicted octanol–water partition coefficient (Wildman–Crippen LogP) is 4.24. The maximum absolute atomic E-state index is 12.0. The first-order valence-electron chi connectivity index (χ1n) is 8.50. The normalized spacial score (nSPS) is 11.5. The maximum Gasteiger partial charge on any atom is 0.241 e. The van der Waals surface area contributed by atoms with Crippen LogP contribution < -0.4 is 5.32 Å². The predicted molar refractivity (Wildman–Crippen MR) is 108 cm³/mol. The molecule has 8 heteroatoms. The van der Waals surface area contributed by atoms with Gasteiger partial charge in [0.25, 0.3) is 0 Å². The quantitative estimate of drug-likeness (QED) is 0.622. The Labute approximate surface area is 163 Å². The molecule has 0 unspecified atom stereocenters. The molecule has 0 bridgehead atoms. The third kappa shape index (κ3) is 6.37. The fourth-order valence-electron chi connectivity index (χ4n) is 2.46. The number of rotatable bonds is 9. The molecule has 1 amide bonds. The third-order valence-corrected chi connectivity index (χ3v) is 6.91. The van der Waals surface area contributed by atoms with Gasteiger partial charge in [-0.2, -0.15) is 0 Å². The minimum atomic E-state index is -3.38. The van der Waals surface area contributed by atoms with Gasteiger partial charge in [-0.15, -0.1) is 11.3 Å². The van der Waals surface area contributed by atoms with E-state index < -0.39 is 21.5 Å². The summed E-state index contributed by atoms with van der Waals surface area (Å²) in [4.78, 5) is 17.4. The highest BCUT2D eigenvalue weighted by Crippen LogP contribution is 2.27. The summed E-state index contributed by atoms with van der Waals surface area (Å²) in [6.07, 6.45) is 2.99. The number of nitrogens with zero attached hydrogens (tertiary/aromatic N) is 1. The topological polar surface area (TPSA) is 76.1 Å². The lowest BCUT2D eigenvalue weighted by atomic mass is 10.1. The van der Waals surface area contributed by atoms with Crippen molar-refractivity contribution < 1.29 is 13.2 Å². The lowest BCUT2D eigenvalue weighted by Crippen LogP contribution is -2.24. The van der Waals surface area contributed by atoms with Crippen LogP contribution in [0.1, 0.15) is 42.3 Å². The summed E-state index contributed by atoms with van der Waals surface area (Å²) >= 11 is 7.53. The van der Waals surface area contributed by atoms with E-state index in [1.807, 2.05) is 38.1 Å². The summed E-state index contributed by atoms with van der Waals surface area (Å²) in [5.41, 5.74) is 1.79. The van der Waals surface area contributed by atoms with Crippen molar-refractivity contribution in [1.29, 1.82) is 0 Å². The molecule has 2 aromatic rings. The summed E-state index contributed by atoms with van der Waals surface area (Å²) < 4.78 is 23.9. The van der Waals surface area contributed by atoms with Gasteiger partial charge in [-0.05, 0) is 25.0 Å². The van der Waals surface area contributed by atoms with Gasteiger partial charge in [0.1, 0.15) is 5.75 Å². The third-order valence-electron chi connectivity index (χ3n) is 3.86. The number of benzene rings is 1. The minimum absolute atomic E-state index is 0.0446. The second kappa shape index (κ2) is 9.48. The summed E-state index contributed by atoms with van der Waals surface area (Å²) in [6, 6.07) is 7.57. The van der Waals surface area contributed by atoms with Crippen LogP contribution in [0.4, 0.5) is 5.13 Å². The smallest absolute Gasteiger partial charge is 0.241 e. The molecule has 1 aromatic heterocycles. The Balaban J connectivity index is 1.98. The van der Waals surface area contributed by atoms with Gasteiger partial charge >= 0.3 is 0 Å². The van der Waals surface area contributed by atoms with Crippen molar-refractivity contribution in [2.75, 3.05) is 16.8 Å². The van der Waals surface area contributed by atoms with Crippen molar-refractivity contribution in [2.24, 2.45) is 0 Å². The number of aromatic nitrogens is 1. The first-order valence-corrected chi connectivity index (χ1v) is 11.5. The number of nitrogens with one attached hydrogen (secondary N) is 1. The molecule has 5 nitrogen and oxygen atoms in total. The zero-order chi connectivity index (χ0) is 19.2. The molecule has 0 spiro atoms. The second-order valence-electron chi connectivity index (χ2n) is 6.14. The zero-order valence-electron chi connectivity index (χ0n) is 14.9. The van der Waals surface area contributed by atoms with Gasteiger partial charge in [0, 0.05) is 16.3 Å². The van der Waals surface area contributed by atoms with Crippen LogP contribution in [-0.2, 0) is 21.1 Å². The first kappa shape index (κ1) is 20.9. The Morgan fingerprint density at radius 1 is 1.27 bits per heavy atom. The van der Waals surface area contributed by atoms with Crippen molar-refractivity contribution in [3.8, 4) is 0 Å². The van der Waals surface area contributed by atoms with E-state index in [1.165, 1.54) is 11.3 Å². The van der Waals surface area contributed by atoms with Crippen molar-refractivity contribution in [3.05, 3.63) is 45.4 Å². The average molecular weight is 415 g/mol. The van der Waals surface area contributed by atoms with E-state index >= 15 is 0 Å². The fraction of sp³-hybridized carbons (Fsp3) is 0.444. The van der Waals surface area contributed by atoms with Crippen LogP contribution in [-0.4, -0.2) is 30.8 Å². The standard InChI is InChI=1S/C18H23ClN2O3S2/c1-3-4-7-10-26(23,24)12-17(22)21-18-20-13(2)16(25-18)11-14-8-5-6-9-15(14)19/h5-6,8-9H,3-4,7,10-12H2,1-2H3,(H,20,21,22). The van der Waals surface area contributed by atoms with E-state index in [0.717, 1.165) is 29.0 Å². The lowest BCUT2D eigenvalue weighted by molar-refractivity contribution is -0.113. The molecule has 0 saturated heterocycles. The van der Waals surface area contributed by atoms with Crippen LogP contribution >= 0.6 is 22.9 Å². The van der Waals surface area contributed by atoms with Crippen LogP contribution in [0.15, 0.2) is 24.3 Å². The van der Waals surface area contributed by atoms with E-state index in [-0.39, 0.29) is 5.75 Å². The summed E-state index contributed by atoms with van der Waals surface area (Å²) in [5.74, 6) is -1.00. The van der Waals surface area contributed by atoms with Gasteiger partial charge in [-0.25, -0.2) is 13.4 Å². The largest absolute Gasteiger partial charge is 0.301 e. The van der Waals surface area contributed by atoms with Crippen molar-refractivity contribution in [3.63, 3.8) is 0 Å². The van der Waals surface area contributed by atoms with E-state index in [1.54, 1.807) is 0 Å². The maximum atomic E-state index is 12.0. The molecule has 0 atom stereocenters. The van der Waals surface area contributed by atoms with Crippen LogP contribution in [0.5, 0.6) is 0 Å². The highest BCUT2D eigenvalue weighted by Gasteiger charge is 2.18. The van der Waals surface area contributed by atoms with Crippen LogP contribution in [0.3, 0.4) is 0 Å². The molecule has 0 radical (unpaired) electrons. The highest BCUT2D eigenvalue weighted by molar-refractivity contribution is 7.92. The molecule has 26 heavy (non-hydrogen) atoms. The SMILES string of the molecule is CCCCCS(=O)(=O)CC(=O)Nc1nc(C)c(Cc2ccccc2Cl)s1. The Morgan fingerprint density at radius 3 is 2.69 bits per heavy atom. The van der Waals surface area contributed by atoms with Gasteiger partial charge in [-0.1, -0.05) is 49.6 Å². The van der Waals surface area contributed by atoms with Gasteiger partial charge in [-0.3, -0.25) is 4.79 Å². The van der Waals surface area contributed by atoms with E-state index in [9.17, 15) is 13.2 Å².